The van der Waals surface area contributed by atoms with Gasteiger partial charge in [-0.25, -0.2) is 4.98 Å². The highest BCUT2D eigenvalue weighted by Gasteiger charge is 2.19. The van der Waals surface area contributed by atoms with Gasteiger partial charge in [-0.05, 0) is 45.0 Å². The van der Waals surface area contributed by atoms with E-state index in [1.807, 2.05) is 26.0 Å². The largest absolute Gasteiger partial charge is 0.504 e. The molecule has 0 radical (unpaired) electrons. The van der Waals surface area contributed by atoms with E-state index in [9.17, 15) is 15.0 Å². The number of amides is 1. The number of aromatic hydroxyl groups is 1. The van der Waals surface area contributed by atoms with E-state index in [1.165, 1.54) is 6.92 Å². The zero-order valence-corrected chi connectivity index (χ0v) is 13.1. The van der Waals surface area contributed by atoms with Crippen molar-refractivity contribution < 1.29 is 15.0 Å². The maximum atomic E-state index is 11.9. The lowest BCUT2D eigenvalue weighted by atomic mass is 10.1. The molecular formula is C17H17N3O3. The van der Waals surface area contributed by atoms with Gasteiger partial charge in [0.1, 0.15) is 11.6 Å². The summed E-state index contributed by atoms with van der Waals surface area (Å²) in [7, 11) is 0. The van der Waals surface area contributed by atoms with Crippen molar-refractivity contribution in [3.63, 3.8) is 0 Å². The number of fused-ring (bicyclic) bond motifs is 3. The number of carbonyl (C=O) groups is 1. The SMILES string of the molecule is Cc1ccc2c(n1)c(O)c(NC(=O)[C@H](C)O)c1ccc(C)nc12. The Hall–Kier alpha value is -2.73. The second kappa shape index (κ2) is 5.48. The third-order valence-electron chi connectivity index (χ3n) is 3.68. The van der Waals surface area contributed by atoms with Crippen LogP contribution in [0.4, 0.5) is 5.69 Å². The molecule has 0 unspecified atom stereocenters. The molecule has 23 heavy (non-hydrogen) atoms. The number of phenols is 1. The Bertz CT molecular complexity index is 935. The number of aryl methyl sites for hydroxylation is 2. The van der Waals surface area contributed by atoms with E-state index in [0.717, 1.165) is 11.4 Å². The van der Waals surface area contributed by atoms with Gasteiger partial charge >= 0.3 is 0 Å². The molecular weight excluding hydrogens is 294 g/mol. The predicted molar refractivity (Wildman–Crippen MR) is 88.5 cm³/mol. The highest BCUT2D eigenvalue weighted by Crippen LogP contribution is 2.39. The zero-order valence-electron chi connectivity index (χ0n) is 13.1. The van der Waals surface area contributed by atoms with Gasteiger partial charge in [-0.2, -0.15) is 0 Å². The minimum Gasteiger partial charge on any atom is -0.504 e. The fourth-order valence-corrected chi connectivity index (χ4v) is 2.49. The summed E-state index contributed by atoms with van der Waals surface area (Å²) in [4.78, 5) is 20.8. The molecule has 1 atom stereocenters. The number of aromatic nitrogens is 2. The number of carbonyl (C=O) groups excluding carboxylic acids is 1. The van der Waals surface area contributed by atoms with Gasteiger partial charge in [-0.1, -0.05) is 0 Å². The van der Waals surface area contributed by atoms with Crippen LogP contribution in [0.1, 0.15) is 18.3 Å². The Morgan fingerprint density at radius 2 is 1.61 bits per heavy atom. The van der Waals surface area contributed by atoms with Crippen LogP contribution in [0.5, 0.6) is 5.75 Å². The molecule has 0 aliphatic heterocycles. The molecule has 2 heterocycles. The number of nitrogens with zero attached hydrogens (tertiary/aromatic N) is 2. The fraction of sp³-hybridized carbons (Fsp3) is 0.235. The zero-order chi connectivity index (χ0) is 16.7. The van der Waals surface area contributed by atoms with Gasteiger partial charge < -0.3 is 15.5 Å². The van der Waals surface area contributed by atoms with Gasteiger partial charge in [0.05, 0.1) is 11.2 Å². The first-order chi connectivity index (χ1) is 10.9. The highest BCUT2D eigenvalue weighted by atomic mass is 16.3. The molecule has 118 valence electrons. The third kappa shape index (κ3) is 2.57. The van der Waals surface area contributed by atoms with Crippen molar-refractivity contribution in [1.29, 1.82) is 0 Å². The van der Waals surface area contributed by atoms with Crippen LogP contribution in [0.25, 0.3) is 21.8 Å². The minimum absolute atomic E-state index is 0.129. The quantitative estimate of drug-likeness (QED) is 0.499. The van der Waals surface area contributed by atoms with Crippen LogP contribution in [-0.4, -0.2) is 32.2 Å². The summed E-state index contributed by atoms with van der Waals surface area (Å²) in [6, 6.07) is 7.29. The standard InChI is InChI=1S/C17H17N3O3/c1-8-4-7-12-13(18-8)11-6-5-9(2)19-14(11)16(22)15(12)20-17(23)10(3)21/h4-7,10,21-22H,1-3H3,(H,20,23)/t10-/m0/s1. The first-order valence-electron chi connectivity index (χ1n) is 7.27. The number of benzene rings is 1. The monoisotopic (exact) mass is 311 g/mol. The van der Waals surface area contributed by atoms with Gasteiger partial charge in [0, 0.05) is 22.2 Å². The van der Waals surface area contributed by atoms with Crippen molar-refractivity contribution in [2.45, 2.75) is 26.9 Å². The van der Waals surface area contributed by atoms with Gasteiger partial charge in [0.15, 0.2) is 5.75 Å². The van der Waals surface area contributed by atoms with Crippen molar-refractivity contribution in [2.24, 2.45) is 0 Å². The summed E-state index contributed by atoms with van der Waals surface area (Å²) in [5.41, 5.74) is 2.79. The topological polar surface area (TPSA) is 95.3 Å². The molecule has 0 fully saturated rings. The molecule has 0 bridgehead atoms. The molecule has 0 saturated heterocycles. The molecule has 2 aromatic heterocycles. The molecule has 3 aromatic rings. The molecule has 6 nitrogen and oxygen atoms in total. The summed E-state index contributed by atoms with van der Waals surface area (Å²) < 4.78 is 0. The number of hydrogen-bond acceptors (Lipinski definition) is 5. The molecule has 0 aliphatic rings. The van der Waals surface area contributed by atoms with E-state index in [4.69, 9.17) is 0 Å². The van der Waals surface area contributed by atoms with Crippen molar-refractivity contribution in [3.8, 4) is 5.75 Å². The Morgan fingerprint density at radius 1 is 1.04 bits per heavy atom. The van der Waals surface area contributed by atoms with Crippen molar-refractivity contribution in [2.75, 3.05) is 5.32 Å². The number of aliphatic hydroxyl groups is 1. The second-order valence-electron chi connectivity index (χ2n) is 5.59. The lowest BCUT2D eigenvalue weighted by molar-refractivity contribution is -0.123. The van der Waals surface area contributed by atoms with Crippen LogP contribution in [0.15, 0.2) is 24.3 Å². The van der Waals surface area contributed by atoms with Gasteiger partial charge in [0.2, 0.25) is 0 Å². The number of pyridine rings is 2. The van der Waals surface area contributed by atoms with Crippen LogP contribution in [0.2, 0.25) is 0 Å². The fourth-order valence-electron chi connectivity index (χ4n) is 2.49. The lowest BCUT2D eigenvalue weighted by Crippen LogP contribution is -2.24. The normalized spacial score (nSPS) is 12.5. The average Bonchev–Trinajstić information content (AvgIpc) is 2.51. The van der Waals surface area contributed by atoms with Gasteiger partial charge in [-0.3, -0.25) is 9.78 Å². The third-order valence-corrected chi connectivity index (χ3v) is 3.68. The summed E-state index contributed by atoms with van der Waals surface area (Å²) in [6.07, 6.45) is -1.19. The molecule has 0 saturated carbocycles. The molecule has 0 aliphatic carbocycles. The highest BCUT2D eigenvalue weighted by molar-refractivity contribution is 6.16. The lowest BCUT2D eigenvalue weighted by Gasteiger charge is -2.15. The summed E-state index contributed by atoms with van der Waals surface area (Å²) in [5.74, 6) is -0.731. The van der Waals surface area contributed by atoms with Crippen LogP contribution in [0, 0.1) is 13.8 Å². The predicted octanol–water partition coefficient (Wildman–Crippen LogP) is 2.42. The van der Waals surface area contributed by atoms with Crippen LogP contribution in [0.3, 0.4) is 0 Å². The van der Waals surface area contributed by atoms with Crippen LogP contribution < -0.4 is 5.32 Å². The number of nitrogens with one attached hydrogen (secondary N) is 1. The first-order valence-corrected chi connectivity index (χ1v) is 7.27. The van der Waals surface area contributed by atoms with Gasteiger partial charge in [0.25, 0.3) is 5.91 Å². The number of aliphatic hydroxyl groups excluding tert-OH is 1. The molecule has 0 spiro atoms. The maximum Gasteiger partial charge on any atom is 0.253 e. The van der Waals surface area contributed by atoms with Crippen LogP contribution in [-0.2, 0) is 4.79 Å². The molecule has 1 aromatic carbocycles. The summed E-state index contributed by atoms with van der Waals surface area (Å²) in [6.45, 7) is 5.05. The van der Waals surface area contributed by atoms with E-state index in [-0.39, 0.29) is 11.4 Å². The van der Waals surface area contributed by atoms with Crippen molar-refractivity contribution >= 4 is 33.4 Å². The number of anilines is 1. The van der Waals surface area contributed by atoms with E-state index in [2.05, 4.69) is 15.3 Å². The molecule has 3 N–H and O–H groups in total. The Morgan fingerprint density at radius 3 is 2.22 bits per heavy atom. The van der Waals surface area contributed by atoms with Crippen LogP contribution >= 0.6 is 0 Å². The second-order valence-corrected chi connectivity index (χ2v) is 5.59. The Labute approximate surface area is 132 Å². The van der Waals surface area contributed by atoms with Crippen molar-refractivity contribution in [1.82, 2.24) is 9.97 Å². The van der Waals surface area contributed by atoms with Gasteiger partial charge in [-0.15, -0.1) is 0 Å². The van der Waals surface area contributed by atoms with Crippen molar-refractivity contribution in [3.05, 3.63) is 35.7 Å². The molecule has 6 heteroatoms. The first kappa shape index (κ1) is 15.2. The summed E-state index contributed by atoms with van der Waals surface area (Å²) >= 11 is 0. The molecule has 3 rings (SSSR count). The minimum atomic E-state index is -1.19. The number of rotatable bonds is 2. The number of hydrogen-bond donors (Lipinski definition) is 3. The van der Waals surface area contributed by atoms with E-state index in [0.29, 0.717) is 21.8 Å². The van der Waals surface area contributed by atoms with E-state index in [1.54, 1.807) is 12.1 Å². The van der Waals surface area contributed by atoms with E-state index >= 15 is 0 Å². The smallest absolute Gasteiger partial charge is 0.253 e. The number of phenolic OH excluding ortho intramolecular Hbond substituents is 1. The molecule has 1 amide bonds. The average molecular weight is 311 g/mol. The maximum absolute atomic E-state index is 11.9. The summed E-state index contributed by atoms with van der Waals surface area (Å²) in [5, 5.41) is 23.9. The Kier molecular flexibility index (Phi) is 3.61. The Balaban J connectivity index is 2.40. The van der Waals surface area contributed by atoms with E-state index < -0.39 is 12.0 Å².